The maximum Gasteiger partial charge on any atom is 0.115 e. The van der Waals surface area contributed by atoms with Crippen LogP contribution in [-0.2, 0) is 0 Å². The van der Waals surface area contributed by atoms with Crippen LogP contribution in [0.1, 0.15) is 22.8 Å². The topological polar surface area (TPSA) is 32.6 Å². The van der Waals surface area contributed by atoms with Crippen molar-refractivity contribution in [2.75, 3.05) is 0 Å². The molecule has 0 bridgehead atoms. The molecular formula is C21H16BrNOS. The number of aromatic hydroxyl groups is 1. The van der Waals surface area contributed by atoms with Crippen molar-refractivity contribution in [2.24, 2.45) is 4.99 Å². The summed E-state index contributed by atoms with van der Waals surface area (Å²) >= 11 is 5.44. The van der Waals surface area contributed by atoms with Crippen LogP contribution in [0.2, 0.25) is 0 Å². The fraction of sp³-hybridized carbons (Fsp3) is 0.0952. The van der Waals surface area contributed by atoms with Gasteiger partial charge in [0.1, 0.15) is 5.75 Å². The highest BCUT2D eigenvalue weighted by molar-refractivity contribution is 9.10. The molecular weight excluding hydrogens is 394 g/mol. The lowest BCUT2D eigenvalue weighted by Gasteiger charge is -2.16. The number of phenolic OH excluding ortho intramolecular Hbond substituents is 1. The molecule has 4 rings (SSSR count). The van der Waals surface area contributed by atoms with Crippen molar-refractivity contribution in [3.63, 3.8) is 0 Å². The molecule has 1 unspecified atom stereocenters. The quantitative estimate of drug-likeness (QED) is 0.522. The van der Waals surface area contributed by atoms with Gasteiger partial charge in [0, 0.05) is 26.8 Å². The van der Waals surface area contributed by atoms with Crippen LogP contribution in [0.5, 0.6) is 5.75 Å². The van der Waals surface area contributed by atoms with Crippen LogP contribution < -0.4 is 0 Å². The molecule has 3 aromatic rings. The van der Waals surface area contributed by atoms with E-state index in [0.717, 1.165) is 27.9 Å². The summed E-state index contributed by atoms with van der Waals surface area (Å²) in [6.45, 7) is 0. The second-order valence-corrected chi connectivity index (χ2v) is 8.10. The average Bonchev–Trinajstić information content (AvgIpc) is 2.82. The number of thioether (sulfide) groups is 1. The van der Waals surface area contributed by atoms with Gasteiger partial charge in [-0.2, -0.15) is 0 Å². The molecule has 0 saturated carbocycles. The summed E-state index contributed by atoms with van der Waals surface area (Å²) in [6.07, 6.45) is 0.834. The van der Waals surface area contributed by atoms with Gasteiger partial charge in [-0.05, 0) is 59.7 Å². The number of fused-ring (bicyclic) bond motifs is 1. The van der Waals surface area contributed by atoms with Crippen LogP contribution in [0.4, 0.5) is 5.69 Å². The first-order valence-corrected chi connectivity index (χ1v) is 9.74. The van der Waals surface area contributed by atoms with Crippen molar-refractivity contribution in [1.29, 1.82) is 0 Å². The van der Waals surface area contributed by atoms with Crippen LogP contribution in [0.25, 0.3) is 0 Å². The summed E-state index contributed by atoms with van der Waals surface area (Å²) in [5, 5.41) is 9.87. The maximum atomic E-state index is 9.58. The van der Waals surface area contributed by atoms with Crippen molar-refractivity contribution in [3.05, 3.63) is 88.4 Å². The largest absolute Gasteiger partial charge is 0.508 e. The molecule has 1 aliphatic heterocycles. The van der Waals surface area contributed by atoms with E-state index in [1.165, 1.54) is 10.5 Å². The zero-order valence-electron chi connectivity index (χ0n) is 13.4. The fourth-order valence-electron chi connectivity index (χ4n) is 2.94. The Hall–Kier alpha value is -2.04. The highest BCUT2D eigenvalue weighted by Gasteiger charge is 2.22. The van der Waals surface area contributed by atoms with Gasteiger partial charge in [0.25, 0.3) is 0 Å². The van der Waals surface area contributed by atoms with Crippen molar-refractivity contribution >= 4 is 39.1 Å². The van der Waals surface area contributed by atoms with E-state index in [4.69, 9.17) is 4.99 Å². The lowest BCUT2D eigenvalue weighted by atomic mass is 10.0. The lowest BCUT2D eigenvalue weighted by Crippen LogP contribution is -2.05. The molecule has 4 heteroatoms. The Morgan fingerprint density at radius 1 is 0.960 bits per heavy atom. The van der Waals surface area contributed by atoms with Gasteiger partial charge in [-0.1, -0.05) is 40.2 Å². The molecule has 0 saturated heterocycles. The van der Waals surface area contributed by atoms with E-state index in [0.29, 0.717) is 0 Å². The highest BCUT2D eigenvalue weighted by atomic mass is 79.9. The Labute approximate surface area is 159 Å². The number of nitrogens with zero attached hydrogens (tertiary/aromatic N) is 1. The molecule has 1 heterocycles. The fourth-order valence-corrected chi connectivity index (χ4v) is 4.58. The lowest BCUT2D eigenvalue weighted by molar-refractivity contribution is 0.475. The normalized spacial score (nSPS) is 16.7. The summed E-state index contributed by atoms with van der Waals surface area (Å²) in [4.78, 5) is 6.14. The van der Waals surface area contributed by atoms with Gasteiger partial charge in [-0.3, -0.25) is 4.99 Å². The molecule has 1 aliphatic rings. The van der Waals surface area contributed by atoms with Crippen molar-refractivity contribution in [2.45, 2.75) is 16.6 Å². The van der Waals surface area contributed by atoms with Gasteiger partial charge >= 0.3 is 0 Å². The van der Waals surface area contributed by atoms with Gasteiger partial charge in [-0.15, -0.1) is 11.8 Å². The number of rotatable bonds is 2. The first kappa shape index (κ1) is 16.4. The standard InChI is InChI=1S/C21H16BrNOS/c22-16-5-3-4-15(12-16)21-13-19(14-8-10-17(24)11-9-14)23-18-6-1-2-7-20(18)25-21/h1-12,21,24H,13H2. The summed E-state index contributed by atoms with van der Waals surface area (Å²) < 4.78 is 1.09. The Balaban J connectivity index is 1.80. The third-order valence-corrected chi connectivity index (χ3v) is 6.01. The number of hydrogen-bond acceptors (Lipinski definition) is 3. The zero-order valence-corrected chi connectivity index (χ0v) is 15.8. The van der Waals surface area contributed by atoms with E-state index < -0.39 is 0 Å². The second-order valence-electron chi connectivity index (χ2n) is 5.94. The van der Waals surface area contributed by atoms with Gasteiger partial charge in [-0.25, -0.2) is 0 Å². The molecule has 0 aromatic heterocycles. The Morgan fingerprint density at radius 3 is 2.56 bits per heavy atom. The second kappa shape index (κ2) is 7.06. The van der Waals surface area contributed by atoms with Crippen molar-refractivity contribution in [1.82, 2.24) is 0 Å². The van der Waals surface area contributed by atoms with Crippen LogP contribution >= 0.6 is 27.7 Å². The predicted molar refractivity (Wildman–Crippen MR) is 108 cm³/mol. The zero-order chi connectivity index (χ0) is 17.2. The summed E-state index contributed by atoms with van der Waals surface area (Å²) in [6, 6.07) is 24.1. The summed E-state index contributed by atoms with van der Waals surface area (Å²) in [5.74, 6) is 0.274. The molecule has 124 valence electrons. The minimum Gasteiger partial charge on any atom is -0.508 e. The number of benzene rings is 3. The van der Waals surface area contributed by atoms with Crippen LogP contribution in [-0.4, -0.2) is 10.8 Å². The molecule has 0 radical (unpaired) electrons. The monoisotopic (exact) mass is 409 g/mol. The van der Waals surface area contributed by atoms with E-state index in [1.807, 2.05) is 36.0 Å². The number of aliphatic imine (C=N–C) groups is 1. The SMILES string of the molecule is Oc1ccc(C2=Nc3ccccc3SC(c3cccc(Br)c3)C2)cc1. The average molecular weight is 410 g/mol. The molecule has 0 aliphatic carbocycles. The van der Waals surface area contributed by atoms with Crippen molar-refractivity contribution in [3.8, 4) is 5.75 Å². The predicted octanol–water partition coefficient (Wildman–Crippen LogP) is 6.51. The third kappa shape index (κ3) is 3.65. The van der Waals surface area contributed by atoms with E-state index >= 15 is 0 Å². The first-order valence-electron chi connectivity index (χ1n) is 8.07. The third-order valence-electron chi connectivity index (χ3n) is 4.19. The van der Waals surface area contributed by atoms with Gasteiger partial charge < -0.3 is 5.11 Å². The summed E-state index contributed by atoms with van der Waals surface area (Å²) in [5.41, 5.74) is 4.38. The van der Waals surface area contributed by atoms with Crippen LogP contribution in [0.15, 0.2) is 87.2 Å². The smallest absolute Gasteiger partial charge is 0.115 e. The molecule has 25 heavy (non-hydrogen) atoms. The Kier molecular flexibility index (Phi) is 4.64. The molecule has 0 amide bonds. The Bertz CT molecular complexity index is 937. The van der Waals surface area contributed by atoms with E-state index in [1.54, 1.807) is 12.1 Å². The number of phenols is 1. The highest BCUT2D eigenvalue weighted by Crippen LogP contribution is 2.45. The number of para-hydroxylation sites is 1. The van der Waals surface area contributed by atoms with Crippen LogP contribution in [0.3, 0.4) is 0 Å². The molecule has 0 fully saturated rings. The first-order chi connectivity index (χ1) is 12.2. The Morgan fingerprint density at radius 2 is 1.76 bits per heavy atom. The minimum absolute atomic E-state index is 0.274. The van der Waals surface area contributed by atoms with Gasteiger partial charge in [0.05, 0.1) is 5.69 Å². The van der Waals surface area contributed by atoms with Crippen LogP contribution in [0, 0.1) is 0 Å². The van der Waals surface area contributed by atoms with Gasteiger partial charge in [0.2, 0.25) is 0 Å². The molecule has 2 nitrogen and oxygen atoms in total. The molecule has 3 aromatic carbocycles. The van der Waals surface area contributed by atoms with Crippen molar-refractivity contribution < 1.29 is 5.11 Å². The molecule has 0 spiro atoms. The van der Waals surface area contributed by atoms with E-state index in [9.17, 15) is 5.11 Å². The number of halogens is 1. The maximum absolute atomic E-state index is 9.58. The summed E-state index contributed by atoms with van der Waals surface area (Å²) in [7, 11) is 0. The molecule has 1 atom stereocenters. The number of hydrogen-bond donors (Lipinski definition) is 1. The minimum atomic E-state index is 0.274. The van der Waals surface area contributed by atoms with E-state index in [-0.39, 0.29) is 11.0 Å². The van der Waals surface area contributed by atoms with E-state index in [2.05, 4.69) is 52.3 Å². The molecule has 1 N–H and O–H groups in total. The van der Waals surface area contributed by atoms with Gasteiger partial charge in [0.15, 0.2) is 0 Å².